The van der Waals surface area contributed by atoms with E-state index in [2.05, 4.69) is 70.9 Å². The van der Waals surface area contributed by atoms with Gasteiger partial charge in [-0.1, -0.05) is 60.7 Å². The number of β-amino-alcohol motifs (C(OH)–C–C–N with tert-alkyl or cyclic N) is 1. The second kappa shape index (κ2) is 6.67. The van der Waals surface area contributed by atoms with Crippen LogP contribution in [0.3, 0.4) is 0 Å². The van der Waals surface area contributed by atoms with Gasteiger partial charge in [0.05, 0.1) is 12.1 Å². The Bertz CT molecular complexity index is 621. The van der Waals surface area contributed by atoms with Crippen molar-refractivity contribution < 1.29 is 5.11 Å². The number of benzene rings is 2. The zero-order chi connectivity index (χ0) is 16.4. The van der Waals surface area contributed by atoms with Gasteiger partial charge < -0.3 is 10.4 Å². The van der Waals surface area contributed by atoms with Gasteiger partial charge in [-0.05, 0) is 37.1 Å². The molecule has 3 heteroatoms. The van der Waals surface area contributed by atoms with Gasteiger partial charge in [0.25, 0.3) is 0 Å². The van der Waals surface area contributed by atoms with E-state index in [1.807, 2.05) is 0 Å². The van der Waals surface area contributed by atoms with E-state index < -0.39 is 0 Å². The molecule has 2 aromatic carbocycles. The molecular weight excluding hydrogens is 296 g/mol. The molecular formula is C21H26N2O. The summed E-state index contributed by atoms with van der Waals surface area (Å²) in [6.07, 6.45) is 1.93. The largest absolute Gasteiger partial charge is 0.391 e. The molecule has 2 unspecified atom stereocenters. The molecule has 2 saturated heterocycles. The average Bonchev–Trinajstić information content (AvgIpc) is 3.05. The van der Waals surface area contributed by atoms with Crippen LogP contribution in [0.5, 0.6) is 0 Å². The van der Waals surface area contributed by atoms with E-state index in [1.54, 1.807) is 0 Å². The lowest BCUT2D eigenvalue weighted by Crippen LogP contribution is -2.50. The van der Waals surface area contributed by atoms with Crippen LogP contribution in [0.15, 0.2) is 60.7 Å². The second-order valence-electron chi connectivity index (χ2n) is 7.28. The number of nitrogens with one attached hydrogen (secondary N) is 1. The number of nitrogens with zero attached hydrogens (tertiary/aromatic N) is 1. The number of aliphatic hydroxyl groups is 1. The minimum atomic E-state index is -0.233. The van der Waals surface area contributed by atoms with Gasteiger partial charge in [-0.15, -0.1) is 0 Å². The summed E-state index contributed by atoms with van der Waals surface area (Å²) in [5, 5.41) is 13.9. The molecule has 2 aliphatic heterocycles. The van der Waals surface area contributed by atoms with Crippen molar-refractivity contribution in [3.8, 4) is 0 Å². The Balaban J connectivity index is 1.65. The van der Waals surface area contributed by atoms with E-state index in [0.29, 0.717) is 0 Å². The summed E-state index contributed by atoms with van der Waals surface area (Å²) in [5.74, 6) is 0. The topological polar surface area (TPSA) is 35.5 Å². The summed E-state index contributed by atoms with van der Waals surface area (Å²) in [7, 11) is 0. The molecule has 0 aromatic heterocycles. The summed E-state index contributed by atoms with van der Waals surface area (Å²) in [6, 6.07) is 21.8. The molecule has 2 atom stereocenters. The molecule has 3 nitrogen and oxygen atoms in total. The molecule has 1 spiro atoms. The molecule has 2 N–H and O–H groups in total. The Kier molecular flexibility index (Phi) is 4.40. The van der Waals surface area contributed by atoms with Crippen molar-refractivity contribution in [2.24, 2.45) is 5.41 Å². The molecule has 0 bridgehead atoms. The fraction of sp³-hybridized carbons (Fsp3) is 0.429. The summed E-state index contributed by atoms with van der Waals surface area (Å²) in [6.45, 7) is 3.78. The quantitative estimate of drug-likeness (QED) is 0.912. The van der Waals surface area contributed by atoms with Crippen LogP contribution in [0.25, 0.3) is 0 Å². The van der Waals surface area contributed by atoms with Crippen LogP contribution in [0, 0.1) is 5.41 Å². The van der Waals surface area contributed by atoms with Crippen molar-refractivity contribution in [3.05, 3.63) is 71.8 Å². The molecule has 0 amide bonds. The lowest BCUT2D eigenvalue weighted by atomic mass is 9.76. The minimum absolute atomic E-state index is 0.0626. The van der Waals surface area contributed by atoms with E-state index >= 15 is 0 Å². The predicted octanol–water partition coefficient (Wildman–Crippen LogP) is 2.82. The Morgan fingerprint density at radius 2 is 1.58 bits per heavy atom. The first-order chi connectivity index (χ1) is 11.8. The Labute approximate surface area is 144 Å². The van der Waals surface area contributed by atoms with Gasteiger partial charge in [0.15, 0.2) is 0 Å². The van der Waals surface area contributed by atoms with Gasteiger partial charge in [-0.3, -0.25) is 4.90 Å². The van der Waals surface area contributed by atoms with Gasteiger partial charge in [-0.2, -0.15) is 0 Å². The fourth-order valence-electron chi connectivity index (χ4n) is 4.47. The molecule has 0 aliphatic carbocycles. The Morgan fingerprint density at radius 1 is 0.958 bits per heavy atom. The first-order valence-corrected chi connectivity index (χ1v) is 9.01. The number of rotatable bonds is 3. The fourth-order valence-corrected chi connectivity index (χ4v) is 4.47. The Hall–Kier alpha value is -1.68. The van der Waals surface area contributed by atoms with Crippen LogP contribution < -0.4 is 5.32 Å². The van der Waals surface area contributed by atoms with Crippen molar-refractivity contribution in [3.63, 3.8) is 0 Å². The number of hydrogen-bond acceptors (Lipinski definition) is 3. The first-order valence-electron chi connectivity index (χ1n) is 9.01. The van der Waals surface area contributed by atoms with Crippen molar-refractivity contribution >= 4 is 0 Å². The molecule has 4 rings (SSSR count). The van der Waals surface area contributed by atoms with Crippen molar-refractivity contribution in [2.75, 3.05) is 26.2 Å². The van der Waals surface area contributed by atoms with Crippen LogP contribution >= 0.6 is 0 Å². The maximum Gasteiger partial charge on any atom is 0.0733 e. The van der Waals surface area contributed by atoms with Crippen molar-refractivity contribution in [1.82, 2.24) is 10.2 Å². The zero-order valence-corrected chi connectivity index (χ0v) is 14.1. The maximum absolute atomic E-state index is 10.6. The van der Waals surface area contributed by atoms with Gasteiger partial charge >= 0.3 is 0 Å². The third-order valence-electron chi connectivity index (χ3n) is 5.85. The van der Waals surface area contributed by atoms with E-state index in [0.717, 1.165) is 39.0 Å². The normalized spacial score (nSPS) is 27.8. The minimum Gasteiger partial charge on any atom is -0.391 e. The molecule has 2 heterocycles. The molecule has 126 valence electrons. The highest BCUT2D eigenvalue weighted by molar-refractivity contribution is 5.32. The molecule has 0 radical (unpaired) electrons. The van der Waals surface area contributed by atoms with Crippen LogP contribution in [-0.4, -0.2) is 42.3 Å². The van der Waals surface area contributed by atoms with E-state index in [4.69, 9.17) is 0 Å². The SMILES string of the molecule is OC1CNCCC12CCN(C(c1ccccc1)c1ccccc1)C2. The average molecular weight is 322 g/mol. The lowest BCUT2D eigenvalue weighted by molar-refractivity contribution is 0.00388. The van der Waals surface area contributed by atoms with E-state index in [1.165, 1.54) is 11.1 Å². The van der Waals surface area contributed by atoms with Gasteiger partial charge in [-0.25, -0.2) is 0 Å². The number of piperidine rings is 1. The number of likely N-dealkylation sites (tertiary alicyclic amines) is 1. The monoisotopic (exact) mass is 322 g/mol. The molecule has 0 saturated carbocycles. The molecule has 2 fully saturated rings. The third kappa shape index (κ3) is 2.88. The zero-order valence-electron chi connectivity index (χ0n) is 14.1. The van der Waals surface area contributed by atoms with Crippen LogP contribution in [0.2, 0.25) is 0 Å². The molecule has 2 aromatic rings. The summed E-state index contributed by atoms with van der Waals surface area (Å²) in [4.78, 5) is 2.57. The van der Waals surface area contributed by atoms with Crippen LogP contribution in [0.1, 0.15) is 30.0 Å². The number of hydrogen-bond donors (Lipinski definition) is 2. The van der Waals surface area contributed by atoms with Gasteiger partial charge in [0, 0.05) is 18.5 Å². The number of aliphatic hydroxyl groups excluding tert-OH is 1. The summed E-state index contributed by atoms with van der Waals surface area (Å²) in [5.41, 5.74) is 2.74. The molecule has 2 aliphatic rings. The highest BCUT2D eigenvalue weighted by Crippen LogP contribution is 2.43. The predicted molar refractivity (Wildman–Crippen MR) is 96.8 cm³/mol. The van der Waals surface area contributed by atoms with E-state index in [-0.39, 0.29) is 17.6 Å². The third-order valence-corrected chi connectivity index (χ3v) is 5.85. The maximum atomic E-state index is 10.6. The second-order valence-corrected chi connectivity index (χ2v) is 7.28. The lowest BCUT2D eigenvalue weighted by Gasteiger charge is -2.39. The van der Waals surface area contributed by atoms with Crippen molar-refractivity contribution in [2.45, 2.75) is 25.0 Å². The van der Waals surface area contributed by atoms with Crippen molar-refractivity contribution in [1.29, 1.82) is 0 Å². The summed E-state index contributed by atoms with van der Waals surface area (Å²) < 4.78 is 0. The summed E-state index contributed by atoms with van der Waals surface area (Å²) >= 11 is 0. The highest BCUT2D eigenvalue weighted by atomic mass is 16.3. The van der Waals surface area contributed by atoms with Crippen LogP contribution in [0.4, 0.5) is 0 Å². The smallest absolute Gasteiger partial charge is 0.0733 e. The van der Waals surface area contributed by atoms with Crippen LogP contribution in [-0.2, 0) is 0 Å². The first kappa shape index (κ1) is 15.8. The Morgan fingerprint density at radius 3 is 2.17 bits per heavy atom. The standard InChI is InChI=1S/C21H26N2O/c24-19-15-22-13-11-21(19)12-14-23(16-21)20(17-7-3-1-4-8-17)18-9-5-2-6-10-18/h1-10,19-20,22,24H,11-16H2. The van der Waals surface area contributed by atoms with E-state index in [9.17, 15) is 5.11 Å². The molecule has 24 heavy (non-hydrogen) atoms. The van der Waals surface area contributed by atoms with Gasteiger partial charge in [0.1, 0.15) is 0 Å². The highest BCUT2D eigenvalue weighted by Gasteiger charge is 2.46. The van der Waals surface area contributed by atoms with Gasteiger partial charge in [0.2, 0.25) is 0 Å².